The van der Waals surface area contributed by atoms with Gasteiger partial charge >= 0.3 is 0 Å². The van der Waals surface area contributed by atoms with Gasteiger partial charge in [0.1, 0.15) is 5.69 Å². The predicted octanol–water partition coefficient (Wildman–Crippen LogP) is 2.05. The van der Waals surface area contributed by atoms with Crippen LogP contribution in [0.2, 0.25) is 0 Å². The maximum Gasteiger partial charge on any atom is 0.274 e. The number of nitrogens with one attached hydrogen (secondary N) is 1. The number of benzene rings is 1. The van der Waals surface area contributed by atoms with Gasteiger partial charge in [-0.1, -0.05) is 0 Å². The summed E-state index contributed by atoms with van der Waals surface area (Å²) in [5, 5.41) is 7.58. The standard InChI is InChI=1S/C19H24N4O3S/c1-22(2)14-8-6-13(7-9-14)20-19(24)18-16-4-3-5-17(16)21-23(18)15-10-11-27(25,26)12-15/h6-9,15H,3-5,10-12H2,1-2H3,(H,20,24)/t15-/m1/s1. The van der Waals surface area contributed by atoms with Crippen LogP contribution in [0.1, 0.15) is 40.6 Å². The highest BCUT2D eigenvalue weighted by atomic mass is 32.2. The van der Waals surface area contributed by atoms with Crippen molar-refractivity contribution in [2.24, 2.45) is 0 Å². The molecule has 27 heavy (non-hydrogen) atoms. The quantitative estimate of drug-likeness (QED) is 0.867. The zero-order valence-electron chi connectivity index (χ0n) is 15.6. The van der Waals surface area contributed by atoms with E-state index in [0.717, 1.165) is 36.2 Å². The maximum atomic E-state index is 13.1. The lowest BCUT2D eigenvalue weighted by Crippen LogP contribution is -2.23. The van der Waals surface area contributed by atoms with Gasteiger partial charge < -0.3 is 10.2 Å². The lowest BCUT2D eigenvalue weighted by atomic mass is 10.1. The molecule has 1 aliphatic heterocycles. The molecule has 0 spiro atoms. The van der Waals surface area contributed by atoms with Gasteiger partial charge in [-0.05, 0) is 49.9 Å². The molecule has 1 fully saturated rings. The molecule has 1 aliphatic carbocycles. The molecular formula is C19H24N4O3S. The fourth-order valence-electron chi connectivity index (χ4n) is 3.92. The topological polar surface area (TPSA) is 84.3 Å². The number of anilines is 2. The number of hydrogen-bond donors (Lipinski definition) is 1. The lowest BCUT2D eigenvalue weighted by molar-refractivity contribution is 0.101. The molecule has 1 atom stereocenters. The molecule has 1 saturated heterocycles. The number of aryl methyl sites for hydroxylation is 1. The smallest absolute Gasteiger partial charge is 0.274 e. The van der Waals surface area contributed by atoms with Crippen molar-refractivity contribution in [2.75, 3.05) is 35.8 Å². The van der Waals surface area contributed by atoms with Crippen molar-refractivity contribution in [1.29, 1.82) is 0 Å². The third-order valence-electron chi connectivity index (χ3n) is 5.34. The Bertz CT molecular complexity index is 977. The van der Waals surface area contributed by atoms with Crippen molar-refractivity contribution in [2.45, 2.75) is 31.7 Å². The van der Waals surface area contributed by atoms with Gasteiger partial charge in [0, 0.05) is 31.0 Å². The van der Waals surface area contributed by atoms with Crippen LogP contribution in [-0.4, -0.2) is 49.7 Å². The molecule has 0 saturated carbocycles. The lowest BCUT2D eigenvalue weighted by Gasteiger charge is -2.16. The van der Waals surface area contributed by atoms with Crippen molar-refractivity contribution in [3.05, 3.63) is 41.2 Å². The number of nitrogens with zero attached hydrogens (tertiary/aromatic N) is 3. The number of carbonyl (C=O) groups excluding carboxylic acids is 1. The number of rotatable bonds is 4. The van der Waals surface area contributed by atoms with E-state index in [1.165, 1.54) is 0 Å². The minimum absolute atomic E-state index is 0.0609. The summed E-state index contributed by atoms with van der Waals surface area (Å²) in [6.07, 6.45) is 3.16. The molecule has 0 radical (unpaired) electrons. The van der Waals surface area contributed by atoms with E-state index in [9.17, 15) is 13.2 Å². The first-order chi connectivity index (χ1) is 12.8. The van der Waals surface area contributed by atoms with Crippen LogP contribution in [0.4, 0.5) is 11.4 Å². The molecule has 7 nitrogen and oxygen atoms in total. The van der Waals surface area contributed by atoms with Crippen LogP contribution in [0.15, 0.2) is 24.3 Å². The second-order valence-electron chi connectivity index (χ2n) is 7.52. The number of aromatic nitrogens is 2. The zero-order valence-corrected chi connectivity index (χ0v) is 16.4. The van der Waals surface area contributed by atoms with E-state index in [2.05, 4.69) is 10.4 Å². The van der Waals surface area contributed by atoms with Gasteiger partial charge in [-0.15, -0.1) is 0 Å². The Morgan fingerprint density at radius 1 is 1.22 bits per heavy atom. The highest BCUT2D eigenvalue weighted by Crippen LogP contribution is 2.31. The zero-order chi connectivity index (χ0) is 19.2. The fourth-order valence-corrected chi connectivity index (χ4v) is 5.61. The van der Waals surface area contributed by atoms with E-state index in [1.54, 1.807) is 4.68 Å². The number of sulfone groups is 1. The summed E-state index contributed by atoms with van der Waals surface area (Å²) >= 11 is 0. The normalized spacial score (nSPS) is 20.4. The van der Waals surface area contributed by atoms with E-state index in [4.69, 9.17) is 0 Å². The summed E-state index contributed by atoms with van der Waals surface area (Å²) < 4.78 is 25.5. The van der Waals surface area contributed by atoms with E-state index in [-0.39, 0.29) is 23.5 Å². The Kier molecular flexibility index (Phi) is 4.46. The molecule has 0 unspecified atom stereocenters. The molecule has 2 aliphatic rings. The fraction of sp³-hybridized carbons (Fsp3) is 0.474. The first-order valence-corrected chi connectivity index (χ1v) is 11.1. The molecule has 144 valence electrons. The van der Waals surface area contributed by atoms with Crippen molar-refractivity contribution < 1.29 is 13.2 Å². The van der Waals surface area contributed by atoms with Crippen LogP contribution in [0.5, 0.6) is 0 Å². The van der Waals surface area contributed by atoms with Crippen molar-refractivity contribution >= 4 is 27.1 Å². The third kappa shape index (κ3) is 3.45. The summed E-state index contributed by atoms with van der Waals surface area (Å²) in [6, 6.07) is 7.38. The number of carbonyl (C=O) groups is 1. The Hall–Kier alpha value is -2.35. The minimum Gasteiger partial charge on any atom is -0.378 e. The van der Waals surface area contributed by atoms with Crippen LogP contribution >= 0.6 is 0 Å². The maximum absolute atomic E-state index is 13.1. The Morgan fingerprint density at radius 3 is 2.59 bits per heavy atom. The molecule has 2 heterocycles. The second-order valence-corrected chi connectivity index (χ2v) is 9.75. The van der Waals surface area contributed by atoms with Gasteiger partial charge in [0.05, 0.1) is 23.2 Å². The SMILES string of the molecule is CN(C)c1ccc(NC(=O)c2c3c(nn2[C@@H]2CCS(=O)(=O)C2)CCC3)cc1. The Morgan fingerprint density at radius 2 is 1.96 bits per heavy atom. The van der Waals surface area contributed by atoms with Crippen LogP contribution in [-0.2, 0) is 22.7 Å². The van der Waals surface area contributed by atoms with E-state index >= 15 is 0 Å². The van der Waals surface area contributed by atoms with Gasteiger partial charge in [-0.2, -0.15) is 5.10 Å². The average molecular weight is 388 g/mol. The van der Waals surface area contributed by atoms with Gasteiger partial charge in [0.15, 0.2) is 9.84 Å². The summed E-state index contributed by atoms with van der Waals surface area (Å²) in [5.41, 5.74) is 4.20. The monoisotopic (exact) mass is 388 g/mol. The molecule has 1 amide bonds. The highest BCUT2D eigenvalue weighted by molar-refractivity contribution is 7.91. The summed E-state index contributed by atoms with van der Waals surface area (Å²) in [4.78, 5) is 15.1. The average Bonchev–Trinajstić information content (AvgIpc) is 3.28. The Labute approximate surface area is 159 Å². The van der Waals surface area contributed by atoms with Gasteiger partial charge in [-0.25, -0.2) is 8.42 Å². The Balaban J connectivity index is 1.63. The summed E-state index contributed by atoms with van der Waals surface area (Å²) in [6.45, 7) is 0. The van der Waals surface area contributed by atoms with Crippen LogP contribution < -0.4 is 10.2 Å². The number of fused-ring (bicyclic) bond motifs is 1. The second kappa shape index (κ2) is 6.67. The van der Waals surface area contributed by atoms with Crippen LogP contribution in [0, 0.1) is 0 Å². The van der Waals surface area contributed by atoms with E-state index in [1.807, 2.05) is 43.3 Å². The summed E-state index contributed by atoms with van der Waals surface area (Å²) in [7, 11) is 0.879. The van der Waals surface area contributed by atoms with Crippen molar-refractivity contribution in [3.8, 4) is 0 Å². The van der Waals surface area contributed by atoms with Crippen LogP contribution in [0.25, 0.3) is 0 Å². The third-order valence-corrected chi connectivity index (χ3v) is 7.09. The van der Waals surface area contributed by atoms with Gasteiger partial charge in [0.25, 0.3) is 5.91 Å². The number of hydrogen-bond acceptors (Lipinski definition) is 5. The largest absolute Gasteiger partial charge is 0.378 e. The molecular weight excluding hydrogens is 364 g/mol. The van der Waals surface area contributed by atoms with Gasteiger partial charge in [-0.3, -0.25) is 9.48 Å². The molecule has 4 rings (SSSR count). The molecule has 0 bridgehead atoms. The molecule has 1 aromatic carbocycles. The van der Waals surface area contributed by atoms with Gasteiger partial charge in [0.2, 0.25) is 0 Å². The first kappa shape index (κ1) is 18.0. The number of amides is 1. The molecule has 1 aromatic heterocycles. The van der Waals surface area contributed by atoms with Crippen molar-refractivity contribution in [1.82, 2.24) is 9.78 Å². The molecule has 2 aromatic rings. The summed E-state index contributed by atoms with van der Waals surface area (Å²) in [5.74, 6) is 0.00761. The van der Waals surface area contributed by atoms with Crippen LogP contribution in [0.3, 0.4) is 0 Å². The molecule has 8 heteroatoms. The van der Waals surface area contributed by atoms with Crippen molar-refractivity contribution in [3.63, 3.8) is 0 Å². The molecule has 1 N–H and O–H groups in total. The minimum atomic E-state index is -3.05. The first-order valence-electron chi connectivity index (χ1n) is 9.23. The van der Waals surface area contributed by atoms with E-state index < -0.39 is 9.84 Å². The van der Waals surface area contributed by atoms with E-state index in [0.29, 0.717) is 17.8 Å². The highest BCUT2D eigenvalue weighted by Gasteiger charge is 2.35. The predicted molar refractivity (Wildman–Crippen MR) is 105 cm³/mol.